The van der Waals surface area contributed by atoms with Crippen LogP contribution < -0.4 is 10.0 Å². The Bertz CT molecular complexity index is 627. The van der Waals surface area contributed by atoms with Gasteiger partial charge in [-0.3, -0.25) is 4.55 Å². The van der Waals surface area contributed by atoms with Gasteiger partial charge in [0.25, 0.3) is 0 Å². The Kier molecular flexibility index (Phi) is 3.50. The molecule has 0 aliphatic heterocycles. The fourth-order valence-corrected chi connectivity index (χ4v) is 1.87. The summed E-state index contributed by atoms with van der Waals surface area (Å²) in [5, 5.41) is 3.03. The number of nitrogens with zero attached hydrogens (tertiary/aromatic N) is 1. The summed E-state index contributed by atoms with van der Waals surface area (Å²) in [6, 6.07) is 15.8. The monoisotopic (exact) mass is 263 g/mol. The van der Waals surface area contributed by atoms with Gasteiger partial charge in [-0.05, 0) is 24.3 Å². The van der Waals surface area contributed by atoms with E-state index in [2.05, 4.69) is 10.0 Å². The van der Waals surface area contributed by atoms with Crippen molar-refractivity contribution in [3.8, 4) is 0 Å². The molecule has 0 fully saturated rings. The fraction of sp³-hybridized carbons (Fsp3) is 0. The number of nitrogens with one attached hydrogen (secondary N) is 1. The molecule has 93 valence electrons. The summed E-state index contributed by atoms with van der Waals surface area (Å²) in [7, 11) is -4.41. The number of rotatable bonds is 4. The van der Waals surface area contributed by atoms with Gasteiger partial charge in [0.15, 0.2) is 0 Å². The van der Waals surface area contributed by atoms with Crippen LogP contribution in [0.3, 0.4) is 0 Å². The summed E-state index contributed by atoms with van der Waals surface area (Å²) in [6.45, 7) is 0. The number of hydrogen-bond acceptors (Lipinski definition) is 3. The predicted octanol–water partition coefficient (Wildman–Crippen LogP) is 2.47. The van der Waals surface area contributed by atoms with Gasteiger partial charge in [0, 0.05) is 5.69 Å². The number of benzene rings is 2. The van der Waals surface area contributed by atoms with E-state index in [-0.39, 0.29) is 5.69 Å². The van der Waals surface area contributed by atoms with Crippen LogP contribution in [0, 0.1) is 0 Å². The molecular formula is C12H11N2O3S. The normalized spacial score (nSPS) is 10.9. The maximum Gasteiger partial charge on any atom is 0.379 e. The lowest BCUT2D eigenvalue weighted by Gasteiger charge is -2.10. The van der Waals surface area contributed by atoms with Crippen LogP contribution in [0.2, 0.25) is 0 Å². The van der Waals surface area contributed by atoms with E-state index >= 15 is 0 Å². The molecular weight excluding hydrogens is 252 g/mol. The first-order valence-electron chi connectivity index (χ1n) is 5.16. The molecule has 2 N–H and O–H groups in total. The van der Waals surface area contributed by atoms with E-state index in [9.17, 15) is 8.42 Å². The lowest BCUT2D eigenvalue weighted by atomic mass is 10.2. The summed E-state index contributed by atoms with van der Waals surface area (Å²) >= 11 is 0. The van der Waals surface area contributed by atoms with Gasteiger partial charge in [-0.25, -0.2) is 0 Å². The standard InChI is InChI=1S/C12H11N2O3S/c15-18(16,17)14-12-9-5-4-8-11(12)13-10-6-2-1-3-7-10/h1-9,13H,(H,15,16,17). The molecule has 0 aliphatic carbocycles. The maximum atomic E-state index is 10.8. The van der Waals surface area contributed by atoms with Crippen molar-refractivity contribution in [1.29, 1.82) is 0 Å². The Morgan fingerprint density at radius 1 is 0.944 bits per heavy atom. The van der Waals surface area contributed by atoms with Crippen molar-refractivity contribution in [2.75, 3.05) is 5.32 Å². The molecule has 0 aliphatic rings. The lowest BCUT2D eigenvalue weighted by Crippen LogP contribution is -2.10. The highest BCUT2D eigenvalue weighted by Gasteiger charge is 2.11. The highest BCUT2D eigenvalue weighted by Crippen LogP contribution is 2.25. The molecule has 0 unspecified atom stereocenters. The minimum absolute atomic E-state index is 0.156. The molecule has 0 heterocycles. The zero-order valence-electron chi connectivity index (χ0n) is 9.32. The Balaban J connectivity index is 2.28. The highest BCUT2D eigenvalue weighted by atomic mass is 32.2. The Morgan fingerprint density at radius 3 is 2.22 bits per heavy atom. The van der Waals surface area contributed by atoms with Crippen LogP contribution in [0.5, 0.6) is 0 Å². The largest absolute Gasteiger partial charge is 0.379 e. The van der Waals surface area contributed by atoms with Crippen LogP contribution >= 0.6 is 0 Å². The molecule has 0 saturated carbocycles. The van der Waals surface area contributed by atoms with Crippen LogP contribution in [-0.4, -0.2) is 13.0 Å². The first-order chi connectivity index (χ1) is 8.54. The SMILES string of the molecule is O=S(=O)(O)[N]c1ccccc1Nc1ccccc1. The van der Waals surface area contributed by atoms with Crippen LogP contribution in [-0.2, 0) is 10.3 Å². The summed E-state index contributed by atoms with van der Waals surface area (Å²) in [5.41, 5.74) is 1.46. The zero-order valence-corrected chi connectivity index (χ0v) is 10.1. The van der Waals surface area contributed by atoms with Gasteiger partial charge >= 0.3 is 10.3 Å². The third kappa shape index (κ3) is 3.47. The Morgan fingerprint density at radius 2 is 1.56 bits per heavy atom. The summed E-state index contributed by atoms with van der Waals surface area (Å²) in [5.74, 6) is 0. The molecule has 6 heteroatoms. The van der Waals surface area contributed by atoms with Crippen molar-refractivity contribution >= 4 is 27.4 Å². The van der Waals surface area contributed by atoms with Gasteiger partial charge in [-0.2, -0.15) is 8.42 Å². The van der Waals surface area contributed by atoms with Crippen molar-refractivity contribution in [2.24, 2.45) is 0 Å². The van der Waals surface area contributed by atoms with Crippen molar-refractivity contribution in [2.45, 2.75) is 0 Å². The van der Waals surface area contributed by atoms with Gasteiger partial charge in [0.05, 0.1) is 5.69 Å². The van der Waals surface area contributed by atoms with Crippen LogP contribution in [0.1, 0.15) is 0 Å². The second-order valence-corrected chi connectivity index (χ2v) is 4.63. The first kappa shape index (κ1) is 12.4. The van der Waals surface area contributed by atoms with Crippen LogP contribution in [0.4, 0.5) is 17.1 Å². The fourth-order valence-electron chi connectivity index (χ4n) is 1.46. The highest BCUT2D eigenvalue weighted by molar-refractivity contribution is 7.83. The molecule has 0 atom stereocenters. The van der Waals surface area contributed by atoms with Crippen molar-refractivity contribution in [1.82, 2.24) is 4.72 Å². The second kappa shape index (κ2) is 5.07. The third-order valence-electron chi connectivity index (χ3n) is 2.17. The summed E-state index contributed by atoms with van der Waals surface area (Å²) in [6.07, 6.45) is 0. The molecule has 0 spiro atoms. The van der Waals surface area contributed by atoms with Crippen molar-refractivity contribution in [3.63, 3.8) is 0 Å². The van der Waals surface area contributed by atoms with Gasteiger partial charge in [0.2, 0.25) is 0 Å². The molecule has 0 bridgehead atoms. The van der Waals surface area contributed by atoms with Gasteiger partial charge in [0.1, 0.15) is 5.69 Å². The maximum absolute atomic E-state index is 10.8. The quantitative estimate of drug-likeness (QED) is 0.830. The van der Waals surface area contributed by atoms with E-state index in [0.717, 1.165) is 5.69 Å². The Labute approximate surface area is 105 Å². The van der Waals surface area contributed by atoms with Crippen molar-refractivity contribution in [3.05, 3.63) is 54.6 Å². The topological polar surface area (TPSA) is 80.5 Å². The number of hydrogen-bond donors (Lipinski definition) is 2. The number of anilines is 2. The minimum atomic E-state index is -4.41. The average molecular weight is 263 g/mol. The van der Waals surface area contributed by atoms with Crippen molar-refractivity contribution < 1.29 is 13.0 Å². The molecule has 1 radical (unpaired) electrons. The molecule has 0 amide bonds. The van der Waals surface area contributed by atoms with E-state index < -0.39 is 10.3 Å². The van der Waals surface area contributed by atoms with Crippen LogP contribution in [0.25, 0.3) is 0 Å². The van der Waals surface area contributed by atoms with E-state index in [4.69, 9.17) is 4.55 Å². The van der Waals surface area contributed by atoms with E-state index in [1.807, 2.05) is 30.3 Å². The summed E-state index contributed by atoms with van der Waals surface area (Å²) in [4.78, 5) is 0. The van der Waals surface area contributed by atoms with E-state index in [0.29, 0.717) is 5.69 Å². The summed E-state index contributed by atoms with van der Waals surface area (Å²) < 4.78 is 33.5. The third-order valence-corrected chi connectivity index (χ3v) is 2.60. The van der Waals surface area contributed by atoms with Crippen LogP contribution in [0.15, 0.2) is 54.6 Å². The van der Waals surface area contributed by atoms with Gasteiger partial charge < -0.3 is 5.32 Å². The van der Waals surface area contributed by atoms with E-state index in [1.54, 1.807) is 18.2 Å². The first-order valence-corrected chi connectivity index (χ1v) is 6.56. The van der Waals surface area contributed by atoms with Gasteiger partial charge in [-0.1, -0.05) is 30.3 Å². The molecule has 2 aromatic rings. The molecule has 2 aromatic carbocycles. The van der Waals surface area contributed by atoms with E-state index in [1.165, 1.54) is 6.07 Å². The Hall–Kier alpha value is -2.05. The predicted molar refractivity (Wildman–Crippen MR) is 69.5 cm³/mol. The molecule has 5 nitrogen and oxygen atoms in total. The smallest absolute Gasteiger partial charge is 0.354 e. The molecule has 2 rings (SSSR count). The van der Waals surface area contributed by atoms with Gasteiger partial charge in [-0.15, -0.1) is 4.72 Å². The number of para-hydroxylation sites is 2. The molecule has 0 aromatic heterocycles. The zero-order chi connectivity index (χ0) is 13.0. The second-order valence-electron chi connectivity index (χ2n) is 3.55. The average Bonchev–Trinajstić information content (AvgIpc) is 2.31. The lowest BCUT2D eigenvalue weighted by molar-refractivity contribution is 0.476. The molecule has 18 heavy (non-hydrogen) atoms. The minimum Gasteiger partial charge on any atom is -0.354 e. The molecule has 0 saturated heterocycles.